The van der Waals surface area contributed by atoms with E-state index in [2.05, 4.69) is 0 Å². The lowest BCUT2D eigenvalue weighted by molar-refractivity contribution is 0.199. The summed E-state index contributed by atoms with van der Waals surface area (Å²) >= 11 is 0. The van der Waals surface area contributed by atoms with Crippen LogP contribution in [-0.4, -0.2) is 29.9 Å². The first kappa shape index (κ1) is 13.9. The van der Waals surface area contributed by atoms with E-state index in [0.717, 1.165) is 5.69 Å². The lowest BCUT2D eigenvalue weighted by Gasteiger charge is -2.26. The Balaban J connectivity index is 3.23. The highest BCUT2D eigenvalue weighted by molar-refractivity contribution is 5.56. The van der Waals surface area contributed by atoms with E-state index >= 15 is 0 Å². The summed E-state index contributed by atoms with van der Waals surface area (Å²) in [5, 5.41) is 18.7. The third-order valence-electron chi connectivity index (χ3n) is 2.85. The molecule has 0 radical (unpaired) electrons. The summed E-state index contributed by atoms with van der Waals surface area (Å²) in [6.07, 6.45) is -0.729. The number of nitrogens with zero attached hydrogens (tertiary/aromatic N) is 1. The van der Waals surface area contributed by atoms with E-state index in [1.54, 1.807) is 19.9 Å². The Kier molecular flexibility index (Phi) is 4.90. The molecule has 0 aliphatic heterocycles. The van der Waals surface area contributed by atoms with Crippen molar-refractivity contribution in [1.29, 1.82) is 0 Å². The molecule has 0 fully saturated rings. The fraction of sp³-hybridized carbons (Fsp3) is 0.538. The van der Waals surface area contributed by atoms with Crippen molar-refractivity contribution >= 4 is 5.69 Å². The number of halogens is 1. The Morgan fingerprint density at radius 2 is 2.06 bits per heavy atom. The number of benzene rings is 1. The van der Waals surface area contributed by atoms with Crippen molar-refractivity contribution in [2.75, 3.05) is 24.6 Å². The minimum atomic E-state index is -0.729. The maximum absolute atomic E-state index is 13.5. The molecule has 0 bridgehead atoms. The van der Waals surface area contributed by atoms with Gasteiger partial charge in [-0.1, -0.05) is 0 Å². The molecule has 4 heteroatoms. The minimum Gasteiger partial charge on any atom is -0.395 e. The number of aliphatic hydroxyl groups is 2. The molecule has 0 aromatic heterocycles. The number of anilines is 1. The van der Waals surface area contributed by atoms with E-state index in [1.165, 1.54) is 6.07 Å². The van der Waals surface area contributed by atoms with Crippen molar-refractivity contribution in [3.05, 3.63) is 29.1 Å². The van der Waals surface area contributed by atoms with Gasteiger partial charge in [0.2, 0.25) is 0 Å². The second-order valence-corrected chi connectivity index (χ2v) is 4.14. The molecule has 17 heavy (non-hydrogen) atoms. The lowest BCUT2D eigenvalue weighted by atomic mass is 10.0. The molecule has 0 saturated carbocycles. The molecule has 0 heterocycles. The van der Waals surface area contributed by atoms with Crippen molar-refractivity contribution in [2.45, 2.75) is 26.9 Å². The van der Waals surface area contributed by atoms with Crippen LogP contribution in [0.25, 0.3) is 0 Å². The molecule has 2 N–H and O–H groups in total. The van der Waals surface area contributed by atoms with Crippen LogP contribution in [0, 0.1) is 12.7 Å². The first-order valence-electron chi connectivity index (χ1n) is 5.85. The van der Waals surface area contributed by atoms with Crippen LogP contribution in [0.2, 0.25) is 0 Å². The van der Waals surface area contributed by atoms with Crippen molar-refractivity contribution < 1.29 is 14.6 Å². The quantitative estimate of drug-likeness (QED) is 0.828. The summed E-state index contributed by atoms with van der Waals surface area (Å²) in [6, 6.07) is 3.09. The van der Waals surface area contributed by atoms with Crippen LogP contribution >= 0.6 is 0 Å². The average molecular weight is 241 g/mol. The van der Waals surface area contributed by atoms with Crippen LogP contribution in [0.5, 0.6) is 0 Å². The van der Waals surface area contributed by atoms with Gasteiger partial charge in [0.25, 0.3) is 0 Å². The van der Waals surface area contributed by atoms with E-state index in [0.29, 0.717) is 24.2 Å². The zero-order valence-electron chi connectivity index (χ0n) is 10.6. The number of likely N-dealkylation sites (N-methyl/N-ethyl adjacent to an activating group) is 1. The highest BCUT2D eigenvalue weighted by atomic mass is 19.1. The first-order chi connectivity index (χ1) is 8.01. The second kappa shape index (κ2) is 5.98. The summed E-state index contributed by atoms with van der Waals surface area (Å²) < 4.78 is 13.5. The highest BCUT2D eigenvalue weighted by Gasteiger charge is 2.15. The van der Waals surface area contributed by atoms with Gasteiger partial charge in [0.05, 0.1) is 12.7 Å². The summed E-state index contributed by atoms with van der Waals surface area (Å²) in [6.45, 7) is 6.47. The summed E-state index contributed by atoms with van der Waals surface area (Å²) in [7, 11) is 0. The molecule has 0 amide bonds. The third-order valence-corrected chi connectivity index (χ3v) is 2.85. The van der Waals surface area contributed by atoms with E-state index in [4.69, 9.17) is 5.11 Å². The number of rotatable bonds is 5. The molecule has 0 saturated heterocycles. The van der Waals surface area contributed by atoms with E-state index in [-0.39, 0.29) is 12.4 Å². The van der Waals surface area contributed by atoms with E-state index < -0.39 is 6.10 Å². The molecule has 1 aromatic rings. The van der Waals surface area contributed by atoms with Crippen molar-refractivity contribution in [2.24, 2.45) is 0 Å². The Hall–Kier alpha value is -1.13. The van der Waals surface area contributed by atoms with Crippen LogP contribution in [0.4, 0.5) is 10.1 Å². The van der Waals surface area contributed by atoms with Gasteiger partial charge in [-0.25, -0.2) is 4.39 Å². The molecular formula is C13H20FNO2. The van der Waals surface area contributed by atoms with Crippen LogP contribution in [0.1, 0.15) is 31.1 Å². The van der Waals surface area contributed by atoms with Gasteiger partial charge >= 0.3 is 0 Å². The molecular weight excluding hydrogens is 221 g/mol. The maximum atomic E-state index is 13.5. The van der Waals surface area contributed by atoms with E-state index in [9.17, 15) is 9.50 Å². The van der Waals surface area contributed by atoms with Crippen LogP contribution in [-0.2, 0) is 0 Å². The average Bonchev–Trinajstić information content (AvgIpc) is 2.29. The topological polar surface area (TPSA) is 43.7 Å². The van der Waals surface area contributed by atoms with Crippen LogP contribution in [0.15, 0.2) is 12.1 Å². The zero-order chi connectivity index (χ0) is 13.0. The van der Waals surface area contributed by atoms with E-state index in [1.807, 2.05) is 11.8 Å². The fourth-order valence-corrected chi connectivity index (χ4v) is 1.86. The Labute approximate surface area is 101 Å². The Bertz CT molecular complexity index is 380. The molecule has 3 nitrogen and oxygen atoms in total. The van der Waals surface area contributed by atoms with Gasteiger partial charge in [-0.15, -0.1) is 0 Å². The predicted octanol–water partition coefficient (Wildman–Crippen LogP) is 2.01. The van der Waals surface area contributed by atoms with Crippen molar-refractivity contribution in [1.82, 2.24) is 0 Å². The summed E-state index contributed by atoms with van der Waals surface area (Å²) in [5.41, 5.74) is 1.89. The molecule has 1 atom stereocenters. The van der Waals surface area contributed by atoms with Gasteiger partial charge in [0.15, 0.2) is 0 Å². The monoisotopic (exact) mass is 241 g/mol. The summed E-state index contributed by atoms with van der Waals surface area (Å²) in [4.78, 5) is 1.93. The van der Waals surface area contributed by atoms with Crippen LogP contribution < -0.4 is 4.90 Å². The molecule has 1 aromatic carbocycles. The maximum Gasteiger partial charge on any atom is 0.126 e. The molecule has 1 rings (SSSR count). The van der Waals surface area contributed by atoms with Gasteiger partial charge in [-0.05, 0) is 38.5 Å². The SMILES string of the molecule is CCN(CCO)c1cc(C)c(F)cc1[C@@H](C)O. The minimum absolute atomic E-state index is 0.0313. The molecule has 0 unspecified atom stereocenters. The van der Waals surface area contributed by atoms with Gasteiger partial charge in [-0.3, -0.25) is 0 Å². The Morgan fingerprint density at radius 3 is 2.53 bits per heavy atom. The highest BCUT2D eigenvalue weighted by Crippen LogP contribution is 2.29. The van der Waals surface area contributed by atoms with Gasteiger partial charge in [0, 0.05) is 24.3 Å². The molecule has 0 aliphatic rings. The fourth-order valence-electron chi connectivity index (χ4n) is 1.86. The smallest absolute Gasteiger partial charge is 0.126 e. The lowest BCUT2D eigenvalue weighted by Crippen LogP contribution is -2.27. The van der Waals surface area contributed by atoms with Crippen molar-refractivity contribution in [3.63, 3.8) is 0 Å². The number of hydrogen-bond acceptors (Lipinski definition) is 3. The molecule has 0 spiro atoms. The standard InChI is InChI=1S/C13H20FNO2/c1-4-15(5-6-16)13-7-9(2)12(14)8-11(13)10(3)17/h7-8,10,16-17H,4-6H2,1-3H3/t10-/m1/s1. The Morgan fingerprint density at radius 1 is 1.41 bits per heavy atom. The first-order valence-corrected chi connectivity index (χ1v) is 5.85. The predicted molar refractivity (Wildman–Crippen MR) is 66.7 cm³/mol. The van der Waals surface area contributed by atoms with Gasteiger partial charge in [0.1, 0.15) is 5.82 Å². The van der Waals surface area contributed by atoms with Crippen molar-refractivity contribution in [3.8, 4) is 0 Å². The second-order valence-electron chi connectivity index (χ2n) is 4.14. The number of aryl methyl sites for hydroxylation is 1. The zero-order valence-corrected chi connectivity index (χ0v) is 10.6. The van der Waals surface area contributed by atoms with Gasteiger partial charge in [-0.2, -0.15) is 0 Å². The number of aliphatic hydroxyl groups excluding tert-OH is 2. The molecule has 96 valence electrons. The third kappa shape index (κ3) is 3.17. The van der Waals surface area contributed by atoms with Gasteiger partial charge < -0.3 is 15.1 Å². The summed E-state index contributed by atoms with van der Waals surface area (Å²) in [5.74, 6) is -0.315. The number of hydrogen-bond donors (Lipinski definition) is 2. The normalized spacial score (nSPS) is 12.6. The molecule has 0 aliphatic carbocycles. The van der Waals surface area contributed by atoms with Crippen LogP contribution in [0.3, 0.4) is 0 Å². The largest absolute Gasteiger partial charge is 0.395 e.